The Morgan fingerprint density at radius 3 is 2.47 bits per heavy atom. The molecule has 1 saturated heterocycles. The first kappa shape index (κ1) is 20.7. The number of hydrogen-bond acceptors (Lipinski definition) is 8. The summed E-state index contributed by atoms with van der Waals surface area (Å²) in [5, 5.41) is 7.50. The van der Waals surface area contributed by atoms with Crippen LogP contribution >= 0.6 is 31.9 Å². The van der Waals surface area contributed by atoms with Crippen molar-refractivity contribution in [1.82, 2.24) is 15.0 Å². The van der Waals surface area contributed by atoms with E-state index in [4.69, 9.17) is 4.74 Å². The van der Waals surface area contributed by atoms with E-state index in [2.05, 4.69) is 67.6 Å². The van der Waals surface area contributed by atoms with Gasteiger partial charge in [-0.2, -0.15) is 20.1 Å². The third kappa shape index (κ3) is 5.74. The number of aromatic nitrogens is 3. The van der Waals surface area contributed by atoms with Gasteiger partial charge >= 0.3 is 0 Å². The molecule has 8 nitrogen and oxygen atoms in total. The largest absolute Gasteiger partial charge is 0.378 e. The molecule has 1 fully saturated rings. The Balaban J connectivity index is 1.56. The summed E-state index contributed by atoms with van der Waals surface area (Å²) in [4.78, 5) is 15.6. The number of hydrogen-bond donors (Lipinski definition) is 2. The van der Waals surface area contributed by atoms with E-state index < -0.39 is 0 Å². The summed E-state index contributed by atoms with van der Waals surface area (Å²) in [6.45, 7) is 2.74. The topological polar surface area (TPSA) is 87.6 Å². The van der Waals surface area contributed by atoms with Gasteiger partial charge in [-0.05, 0) is 35.9 Å². The zero-order chi connectivity index (χ0) is 20.8. The van der Waals surface area contributed by atoms with Crippen LogP contribution in [0.25, 0.3) is 0 Å². The SMILES string of the molecule is Brc1ccc(/C=N\Nc2nc(Nc3cccc(Br)c3)nc(N3CCOCC3)n2)cc1. The number of morpholine rings is 1. The summed E-state index contributed by atoms with van der Waals surface area (Å²) >= 11 is 6.90. The lowest BCUT2D eigenvalue weighted by molar-refractivity contribution is 0.122. The molecule has 0 atom stereocenters. The highest BCUT2D eigenvalue weighted by Crippen LogP contribution is 2.21. The van der Waals surface area contributed by atoms with E-state index in [1.807, 2.05) is 48.5 Å². The van der Waals surface area contributed by atoms with Crippen molar-refractivity contribution in [3.8, 4) is 0 Å². The Morgan fingerprint density at radius 1 is 0.933 bits per heavy atom. The lowest BCUT2D eigenvalue weighted by atomic mass is 10.2. The smallest absolute Gasteiger partial charge is 0.250 e. The Labute approximate surface area is 191 Å². The molecular weight excluding hydrogens is 514 g/mol. The summed E-state index contributed by atoms with van der Waals surface area (Å²) in [6, 6.07) is 15.6. The minimum Gasteiger partial charge on any atom is -0.378 e. The van der Waals surface area contributed by atoms with Gasteiger partial charge in [0.15, 0.2) is 0 Å². The first-order valence-corrected chi connectivity index (χ1v) is 10.9. The number of anilines is 4. The van der Waals surface area contributed by atoms with E-state index in [0.717, 1.165) is 33.3 Å². The molecule has 0 unspecified atom stereocenters. The van der Waals surface area contributed by atoms with Gasteiger partial charge in [-0.1, -0.05) is 50.1 Å². The number of rotatable bonds is 6. The van der Waals surface area contributed by atoms with Crippen LogP contribution in [0, 0.1) is 0 Å². The van der Waals surface area contributed by atoms with Crippen molar-refractivity contribution in [3.05, 3.63) is 63.0 Å². The fourth-order valence-electron chi connectivity index (χ4n) is 2.78. The van der Waals surface area contributed by atoms with Crippen molar-refractivity contribution in [2.75, 3.05) is 41.9 Å². The predicted octanol–water partition coefficient (Wildman–Crippen LogP) is 4.42. The van der Waals surface area contributed by atoms with Gasteiger partial charge in [-0.25, -0.2) is 5.43 Å². The molecule has 0 bridgehead atoms. The third-order valence-electron chi connectivity index (χ3n) is 4.25. The Morgan fingerprint density at radius 2 is 1.70 bits per heavy atom. The van der Waals surface area contributed by atoms with Gasteiger partial charge in [0.25, 0.3) is 0 Å². The van der Waals surface area contributed by atoms with Gasteiger partial charge in [-0.15, -0.1) is 0 Å². The highest BCUT2D eigenvalue weighted by molar-refractivity contribution is 9.10. The standard InChI is InChI=1S/C20H19Br2N7O/c21-15-6-4-14(5-7-15)13-23-28-19-25-18(24-17-3-1-2-16(22)12-17)26-20(27-19)29-8-10-30-11-9-29/h1-7,12-13H,8-11H2,(H2,24,25,26,27,28)/b23-13-. The lowest BCUT2D eigenvalue weighted by Crippen LogP contribution is -2.37. The fraction of sp³-hybridized carbons (Fsp3) is 0.200. The van der Waals surface area contributed by atoms with E-state index in [9.17, 15) is 0 Å². The molecule has 2 aromatic carbocycles. The molecule has 1 aliphatic rings. The van der Waals surface area contributed by atoms with Crippen molar-refractivity contribution in [2.24, 2.45) is 5.10 Å². The number of hydrazone groups is 1. The second kappa shape index (κ2) is 9.96. The zero-order valence-corrected chi connectivity index (χ0v) is 19.1. The summed E-state index contributed by atoms with van der Waals surface area (Å²) < 4.78 is 7.42. The van der Waals surface area contributed by atoms with E-state index in [1.54, 1.807) is 6.21 Å². The number of ether oxygens (including phenoxy) is 1. The average molecular weight is 533 g/mol. The van der Waals surface area contributed by atoms with E-state index in [-0.39, 0.29) is 0 Å². The van der Waals surface area contributed by atoms with Gasteiger partial charge in [0.1, 0.15) is 0 Å². The van der Waals surface area contributed by atoms with Crippen LogP contribution in [0.4, 0.5) is 23.5 Å². The Bertz CT molecular complexity index is 1020. The molecule has 2 N–H and O–H groups in total. The van der Waals surface area contributed by atoms with Gasteiger partial charge in [0.05, 0.1) is 19.4 Å². The maximum atomic E-state index is 5.44. The van der Waals surface area contributed by atoms with Gasteiger partial charge in [0.2, 0.25) is 17.8 Å². The minimum absolute atomic E-state index is 0.359. The minimum atomic E-state index is 0.359. The molecule has 154 valence electrons. The lowest BCUT2D eigenvalue weighted by Gasteiger charge is -2.27. The zero-order valence-electron chi connectivity index (χ0n) is 15.9. The maximum Gasteiger partial charge on any atom is 0.250 e. The molecule has 0 amide bonds. The first-order chi connectivity index (χ1) is 14.7. The Hall–Kier alpha value is -2.56. The fourth-order valence-corrected chi connectivity index (χ4v) is 3.45. The second-order valence-electron chi connectivity index (χ2n) is 6.44. The van der Waals surface area contributed by atoms with Crippen LogP contribution in [0.15, 0.2) is 62.6 Å². The second-order valence-corrected chi connectivity index (χ2v) is 8.27. The van der Waals surface area contributed by atoms with Crippen LogP contribution in [0.1, 0.15) is 5.56 Å². The van der Waals surface area contributed by atoms with Crippen LogP contribution in [0.2, 0.25) is 0 Å². The maximum absolute atomic E-state index is 5.44. The number of nitrogens with one attached hydrogen (secondary N) is 2. The van der Waals surface area contributed by atoms with Crippen molar-refractivity contribution < 1.29 is 4.74 Å². The van der Waals surface area contributed by atoms with Crippen LogP contribution in [-0.4, -0.2) is 47.5 Å². The number of halogens is 2. The molecule has 4 rings (SSSR count). The molecule has 2 heterocycles. The van der Waals surface area contributed by atoms with E-state index >= 15 is 0 Å². The molecule has 10 heteroatoms. The molecular formula is C20H19Br2N7O. The summed E-state index contributed by atoms with van der Waals surface area (Å²) in [5.74, 6) is 1.37. The van der Waals surface area contributed by atoms with Crippen LogP contribution in [0.3, 0.4) is 0 Å². The van der Waals surface area contributed by atoms with Crippen molar-refractivity contribution in [3.63, 3.8) is 0 Å². The van der Waals surface area contributed by atoms with Crippen LogP contribution in [-0.2, 0) is 4.74 Å². The highest BCUT2D eigenvalue weighted by Gasteiger charge is 2.16. The first-order valence-electron chi connectivity index (χ1n) is 9.32. The average Bonchev–Trinajstić information content (AvgIpc) is 2.76. The molecule has 0 radical (unpaired) electrons. The van der Waals surface area contributed by atoms with Gasteiger partial charge in [-0.3, -0.25) is 0 Å². The normalized spacial score (nSPS) is 14.1. The monoisotopic (exact) mass is 531 g/mol. The molecule has 1 aliphatic heterocycles. The highest BCUT2D eigenvalue weighted by atomic mass is 79.9. The van der Waals surface area contributed by atoms with E-state index in [0.29, 0.717) is 31.1 Å². The van der Waals surface area contributed by atoms with Crippen molar-refractivity contribution in [1.29, 1.82) is 0 Å². The predicted molar refractivity (Wildman–Crippen MR) is 126 cm³/mol. The molecule has 3 aromatic rings. The van der Waals surface area contributed by atoms with Gasteiger partial charge in [0, 0.05) is 27.7 Å². The molecule has 0 saturated carbocycles. The summed E-state index contributed by atoms with van der Waals surface area (Å²) in [5.41, 5.74) is 4.74. The molecule has 1 aromatic heterocycles. The molecule has 0 spiro atoms. The Kier molecular flexibility index (Phi) is 6.88. The molecule has 30 heavy (non-hydrogen) atoms. The van der Waals surface area contributed by atoms with Crippen molar-refractivity contribution >= 4 is 61.6 Å². The van der Waals surface area contributed by atoms with Crippen molar-refractivity contribution in [2.45, 2.75) is 0 Å². The quantitative estimate of drug-likeness (QED) is 0.359. The van der Waals surface area contributed by atoms with Crippen LogP contribution in [0.5, 0.6) is 0 Å². The number of benzene rings is 2. The van der Waals surface area contributed by atoms with Gasteiger partial charge < -0.3 is 15.0 Å². The van der Waals surface area contributed by atoms with E-state index in [1.165, 1.54) is 0 Å². The summed E-state index contributed by atoms with van der Waals surface area (Å²) in [7, 11) is 0. The number of nitrogens with zero attached hydrogens (tertiary/aromatic N) is 5. The summed E-state index contributed by atoms with van der Waals surface area (Å²) in [6.07, 6.45) is 1.71. The molecule has 0 aliphatic carbocycles. The van der Waals surface area contributed by atoms with Crippen LogP contribution < -0.4 is 15.6 Å². The third-order valence-corrected chi connectivity index (χ3v) is 5.27.